The summed E-state index contributed by atoms with van der Waals surface area (Å²) in [6.07, 6.45) is 1.83. The zero-order valence-corrected chi connectivity index (χ0v) is 12.9. The Balaban J connectivity index is 1.59. The highest BCUT2D eigenvalue weighted by Crippen LogP contribution is 2.29. The Hall–Kier alpha value is -2.28. The number of amides is 2. The van der Waals surface area contributed by atoms with Crippen LogP contribution in [-0.4, -0.2) is 28.1 Å². The van der Waals surface area contributed by atoms with Gasteiger partial charge in [0.2, 0.25) is 16.9 Å². The predicted octanol–water partition coefficient (Wildman–Crippen LogP) is 2.06. The lowest BCUT2D eigenvalue weighted by Crippen LogP contribution is -2.42. The van der Waals surface area contributed by atoms with E-state index in [4.69, 9.17) is 0 Å². The Labute approximate surface area is 132 Å². The van der Waals surface area contributed by atoms with Crippen LogP contribution in [0.1, 0.15) is 19.8 Å². The minimum Gasteiger partial charge on any atom is -0.344 e. The van der Waals surface area contributed by atoms with Gasteiger partial charge in [-0.05, 0) is 19.8 Å². The van der Waals surface area contributed by atoms with Gasteiger partial charge < -0.3 is 5.32 Å². The zero-order valence-electron chi connectivity index (χ0n) is 12.1. The second-order valence-electron chi connectivity index (χ2n) is 5.27. The lowest BCUT2D eigenvalue weighted by molar-refractivity contribution is -0.127. The van der Waals surface area contributed by atoms with Gasteiger partial charge in [-0.15, -0.1) is 10.2 Å². The lowest BCUT2D eigenvalue weighted by atomic mass is 10.2. The van der Waals surface area contributed by atoms with Crippen LogP contribution in [0.25, 0.3) is 10.6 Å². The molecule has 0 radical (unpaired) electrons. The summed E-state index contributed by atoms with van der Waals surface area (Å²) in [5, 5.41) is 14.6. The Morgan fingerprint density at radius 2 is 1.95 bits per heavy atom. The zero-order chi connectivity index (χ0) is 15.5. The summed E-state index contributed by atoms with van der Waals surface area (Å²) in [6.45, 7) is 1.66. The molecule has 3 rings (SSSR count). The number of rotatable bonds is 5. The number of aromatic nitrogens is 2. The molecule has 1 unspecified atom stereocenters. The van der Waals surface area contributed by atoms with Crippen LogP contribution in [0.4, 0.5) is 5.13 Å². The van der Waals surface area contributed by atoms with Gasteiger partial charge in [0.1, 0.15) is 11.0 Å². The fourth-order valence-electron chi connectivity index (χ4n) is 1.93. The number of hydrogen-bond acceptors (Lipinski definition) is 5. The number of nitrogens with one attached hydrogen (secondary N) is 2. The molecule has 1 heterocycles. The molecule has 0 aliphatic heterocycles. The third-order valence-corrected chi connectivity index (χ3v) is 4.26. The average molecular weight is 316 g/mol. The van der Waals surface area contributed by atoms with Crippen molar-refractivity contribution in [3.63, 3.8) is 0 Å². The van der Waals surface area contributed by atoms with E-state index in [0.717, 1.165) is 23.4 Å². The third-order valence-electron chi connectivity index (χ3n) is 3.38. The molecule has 1 aliphatic carbocycles. The fourth-order valence-corrected chi connectivity index (χ4v) is 2.68. The van der Waals surface area contributed by atoms with Gasteiger partial charge in [-0.3, -0.25) is 14.9 Å². The van der Waals surface area contributed by atoms with Crippen LogP contribution < -0.4 is 10.6 Å². The molecular weight excluding hydrogens is 300 g/mol. The van der Waals surface area contributed by atoms with Crippen molar-refractivity contribution in [2.45, 2.75) is 25.8 Å². The third kappa shape index (κ3) is 3.48. The molecule has 0 spiro atoms. The number of carbonyl (C=O) groups is 2. The van der Waals surface area contributed by atoms with Crippen molar-refractivity contribution in [1.29, 1.82) is 0 Å². The summed E-state index contributed by atoms with van der Waals surface area (Å²) in [4.78, 5) is 23.7. The summed E-state index contributed by atoms with van der Waals surface area (Å²) >= 11 is 1.30. The summed E-state index contributed by atoms with van der Waals surface area (Å²) in [5.74, 6) is -0.254. The average Bonchev–Trinajstić information content (AvgIpc) is 3.28. The SMILES string of the molecule is CC(NC(=O)C1CC1)C(=O)Nc1nnc(-c2ccccc2)s1. The summed E-state index contributed by atoms with van der Waals surface area (Å²) in [7, 11) is 0. The molecule has 7 heteroatoms. The first-order valence-corrected chi connectivity index (χ1v) is 7.95. The van der Waals surface area contributed by atoms with E-state index in [2.05, 4.69) is 20.8 Å². The maximum absolute atomic E-state index is 12.0. The van der Waals surface area contributed by atoms with E-state index in [1.807, 2.05) is 30.3 Å². The first-order chi connectivity index (χ1) is 10.6. The van der Waals surface area contributed by atoms with Crippen LogP contribution in [0.2, 0.25) is 0 Å². The van der Waals surface area contributed by atoms with Crippen molar-refractivity contribution < 1.29 is 9.59 Å². The van der Waals surface area contributed by atoms with Gasteiger partial charge in [0.05, 0.1) is 0 Å². The molecule has 1 atom stereocenters. The van der Waals surface area contributed by atoms with Crippen molar-refractivity contribution >= 4 is 28.3 Å². The molecule has 0 bridgehead atoms. The quantitative estimate of drug-likeness (QED) is 0.884. The maximum Gasteiger partial charge on any atom is 0.248 e. The van der Waals surface area contributed by atoms with Crippen LogP contribution in [0.5, 0.6) is 0 Å². The van der Waals surface area contributed by atoms with E-state index < -0.39 is 6.04 Å². The van der Waals surface area contributed by atoms with E-state index in [1.165, 1.54) is 11.3 Å². The largest absolute Gasteiger partial charge is 0.344 e. The van der Waals surface area contributed by atoms with E-state index in [0.29, 0.717) is 5.13 Å². The standard InChI is InChI=1S/C15H16N4O2S/c1-9(16-13(21)10-7-8-10)12(20)17-15-19-18-14(22-15)11-5-3-2-4-6-11/h2-6,9-10H,7-8H2,1H3,(H,16,21)(H,17,19,20). The van der Waals surface area contributed by atoms with Crippen LogP contribution in [-0.2, 0) is 9.59 Å². The van der Waals surface area contributed by atoms with Gasteiger partial charge in [0, 0.05) is 11.5 Å². The summed E-state index contributed by atoms with van der Waals surface area (Å²) in [6, 6.07) is 9.05. The Morgan fingerprint density at radius 3 is 2.64 bits per heavy atom. The summed E-state index contributed by atoms with van der Waals surface area (Å²) in [5.41, 5.74) is 0.954. The van der Waals surface area contributed by atoms with Crippen LogP contribution in [0, 0.1) is 5.92 Å². The van der Waals surface area contributed by atoms with Crippen molar-refractivity contribution in [2.24, 2.45) is 5.92 Å². The number of nitrogens with zero attached hydrogens (tertiary/aromatic N) is 2. The van der Waals surface area contributed by atoms with Gasteiger partial charge in [0.25, 0.3) is 0 Å². The lowest BCUT2D eigenvalue weighted by Gasteiger charge is -2.12. The molecular formula is C15H16N4O2S. The van der Waals surface area contributed by atoms with Gasteiger partial charge in [-0.1, -0.05) is 41.7 Å². The van der Waals surface area contributed by atoms with E-state index in [-0.39, 0.29) is 17.7 Å². The first-order valence-electron chi connectivity index (χ1n) is 7.13. The number of hydrogen-bond donors (Lipinski definition) is 2. The molecule has 114 valence electrons. The van der Waals surface area contributed by atoms with Gasteiger partial charge in [-0.25, -0.2) is 0 Å². The number of anilines is 1. The van der Waals surface area contributed by atoms with Crippen LogP contribution in [0.3, 0.4) is 0 Å². The van der Waals surface area contributed by atoms with E-state index >= 15 is 0 Å². The predicted molar refractivity (Wildman–Crippen MR) is 84.3 cm³/mol. The molecule has 2 N–H and O–H groups in total. The highest BCUT2D eigenvalue weighted by molar-refractivity contribution is 7.18. The Bertz CT molecular complexity index is 682. The molecule has 0 saturated heterocycles. The Kier molecular flexibility index (Phi) is 4.15. The van der Waals surface area contributed by atoms with E-state index in [1.54, 1.807) is 6.92 Å². The molecule has 1 fully saturated rings. The fraction of sp³-hybridized carbons (Fsp3) is 0.333. The number of carbonyl (C=O) groups excluding carboxylic acids is 2. The van der Waals surface area contributed by atoms with Crippen molar-refractivity contribution in [1.82, 2.24) is 15.5 Å². The molecule has 1 saturated carbocycles. The second kappa shape index (κ2) is 6.23. The van der Waals surface area contributed by atoms with Gasteiger partial charge in [0.15, 0.2) is 0 Å². The highest BCUT2D eigenvalue weighted by Gasteiger charge is 2.31. The van der Waals surface area contributed by atoms with Gasteiger partial charge in [-0.2, -0.15) is 0 Å². The molecule has 2 amide bonds. The van der Waals surface area contributed by atoms with Crippen molar-refractivity contribution in [3.8, 4) is 10.6 Å². The highest BCUT2D eigenvalue weighted by atomic mass is 32.1. The molecule has 22 heavy (non-hydrogen) atoms. The molecule has 1 aromatic heterocycles. The number of benzene rings is 1. The minimum atomic E-state index is -0.586. The Morgan fingerprint density at radius 1 is 1.23 bits per heavy atom. The molecule has 2 aromatic rings. The molecule has 1 aromatic carbocycles. The summed E-state index contributed by atoms with van der Waals surface area (Å²) < 4.78 is 0. The minimum absolute atomic E-state index is 0.0510. The first kappa shape index (κ1) is 14.6. The monoisotopic (exact) mass is 316 g/mol. The van der Waals surface area contributed by atoms with Crippen molar-refractivity contribution in [3.05, 3.63) is 30.3 Å². The second-order valence-corrected chi connectivity index (χ2v) is 6.25. The van der Waals surface area contributed by atoms with Crippen molar-refractivity contribution in [2.75, 3.05) is 5.32 Å². The van der Waals surface area contributed by atoms with Crippen LogP contribution in [0.15, 0.2) is 30.3 Å². The van der Waals surface area contributed by atoms with E-state index in [9.17, 15) is 9.59 Å². The topological polar surface area (TPSA) is 84.0 Å². The molecule has 1 aliphatic rings. The van der Waals surface area contributed by atoms with Gasteiger partial charge >= 0.3 is 0 Å². The normalized spacial score (nSPS) is 15.1. The smallest absolute Gasteiger partial charge is 0.248 e. The molecule has 6 nitrogen and oxygen atoms in total. The van der Waals surface area contributed by atoms with Crippen LogP contribution >= 0.6 is 11.3 Å². The maximum atomic E-state index is 12.0.